The maximum Gasteiger partial charge on any atom is 0.243 e. The average Bonchev–Trinajstić information content (AvgIpc) is 2.28. The number of ether oxygens (including phenoxy) is 1. The fourth-order valence-electron chi connectivity index (χ4n) is 2.19. The van der Waals surface area contributed by atoms with Crippen LogP contribution in [0.4, 0.5) is 0 Å². The molecule has 1 saturated heterocycles. The molecule has 0 aromatic heterocycles. The van der Waals surface area contributed by atoms with Crippen LogP contribution in [-0.4, -0.2) is 38.0 Å². The van der Waals surface area contributed by atoms with E-state index in [1.54, 1.807) is 18.2 Å². The summed E-state index contributed by atoms with van der Waals surface area (Å²) < 4.78 is 32.2. The minimum Gasteiger partial charge on any atom is -0.378 e. The number of morpholine rings is 1. The third-order valence-electron chi connectivity index (χ3n) is 3.15. The van der Waals surface area contributed by atoms with Crippen molar-refractivity contribution in [3.63, 3.8) is 0 Å². The van der Waals surface area contributed by atoms with E-state index in [9.17, 15) is 8.42 Å². The van der Waals surface area contributed by atoms with Gasteiger partial charge >= 0.3 is 0 Å². The maximum atomic E-state index is 12.6. The second-order valence-electron chi connectivity index (χ2n) is 5.26. The molecule has 2 rings (SSSR count). The minimum absolute atomic E-state index is 0.359. The van der Waals surface area contributed by atoms with Gasteiger partial charge in [-0.2, -0.15) is 4.31 Å². The van der Waals surface area contributed by atoms with E-state index >= 15 is 0 Å². The standard InChI is InChI=1S/C13H19NO3S/c1-11-5-4-6-12(9-11)18(15,16)14-7-8-17-10-13(14,2)3/h4-6,9H,7-8,10H2,1-3H3. The van der Waals surface area contributed by atoms with E-state index < -0.39 is 15.6 Å². The summed E-state index contributed by atoms with van der Waals surface area (Å²) in [7, 11) is -3.44. The third-order valence-corrected chi connectivity index (χ3v) is 5.25. The summed E-state index contributed by atoms with van der Waals surface area (Å²) in [5, 5.41) is 0. The zero-order valence-electron chi connectivity index (χ0n) is 11.0. The molecule has 0 saturated carbocycles. The first-order valence-corrected chi connectivity index (χ1v) is 7.45. The van der Waals surface area contributed by atoms with Crippen molar-refractivity contribution in [1.82, 2.24) is 4.31 Å². The second-order valence-corrected chi connectivity index (χ2v) is 7.12. The van der Waals surface area contributed by atoms with Crippen molar-refractivity contribution < 1.29 is 13.2 Å². The highest BCUT2D eigenvalue weighted by Crippen LogP contribution is 2.27. The third kappa shape index (κ3) is 2.43. The fraction of sp³-hybridized carbons (Fsp3) is 0.538. The Balaban J connectivity index is 2.42. The molecular formula is C13H19NO3S. The molecule has 0 amide bonds. The van der Waals surface area contributed by atoms with Gasteiger partial charge in [-0.15, -0.1) is 0 Å². The lowest BCUT2D eigenvalue weighted by Crippen LogP contribution is -2.55. The number of nitrogens with zero attached hydrogens (tertiary/aromatic N) is 1. The fourth-order valence-corrected chi connectivity index (χ4v) is 4.05. The lowest BCUT2D eigenvalue weighted by Gasteiger charge is -2.40. The van der Waals surface area contributed by atoms with Gasteiger partial charge in [-0.05, 0) is 38.5 Å². The largest absolute Gasteiger partial charge is 0.378 e. The number of hydrogen-bond acceptors (Lipinski definition) is 3. The molecule has 5 heteroatoms. The summed E-state index contributed by atoms with van der Waals surface area (Å²) in [6.07, 6.45) is 0. The molecule has 1 aliphatic rings. The number of benzene rings is 1. The summed E-state index contributed by atoms with van der Waals surface area (Å²) in [5.41, 5.74) is 0.447. The highest BCUT2D eigenvalue weighted by atomic mass is 32.2. The molecule has 1 aromatic rings. The molecule has 0 aliphatic carbocycles. The van der Waals surface area contributed by atoms with Crippen LogP contribution in [0, 0.1) is 6.92 Å². The van der Waals surface area contributed by atoms with E-state index in [2.05, 4.69) is 0 Å². The van der Waals surface area contributed by atoms with Crippen molar-refractivity contribution in [1.29, 1.82) is 0 Å². The topological polar surface area (TPSA) is 46.6 Å². The zero-order chi connectivity index (χ0) is 13.4. The molecule has 0 atom stereocenters. The smallest absolute Gasteiger partial charge is 0.243 e. The summed E-state index contributed by atoms with van der Waals surface area (Å²) in [6, 6.07) is 7.02. The van der Waals surface area contributed by atoms with Gasteiger partial charge in [0, 0.05) is 6.54 Å². The van der Waals surface area contributed by atoms with Gasteiger partial charge in [0.25, 0.3) is 0 Å². The van der Waals surface area contributed by atoms with Gasteiger partial charge in [0.2, 0.25) is 10.0 Å². The van der Waals surface area contributed by atoms with Crippen LogP contribution in [-0.2, 0) is 14.8 Å². The van der Waals surface area contributed by atoms with Gasteiger partial charge < -0.3 is 4.74 Å². The summed E-state index contributed by atoms with van der Waals surface area (Å²) >= 11 is 0. The minimum atomic E-state index is -3.44. The van der Waals surface area contributed by atoms with Gasteiger partial charge in [-0.25, -0.2) is 8.42 Å². The Labute approximate surface area is 109 Å². The van der Waals surface area contributed by atoms with E-state index in [4.69, 9.17) is 4.74 Å². The van der Waals surface area contributed by atoms with E-state index in [0.717, 1.165) is 5.56 Å². The van der Waals surface area contributed by atoms with Gasteiger partial charge in [0.05, 0.1) is 23.6 Å². The van der Waals surface area contributed by atoms with Crippen molar-refractivity contribution in [3.05, 3.63) is 29.8 Å². The highest BCUT2D eigenvalue weighted by molar-refractivity contribution is 7.89. The number of aryl methyl sites for hydroxylation is 1. The zero-order valence-corrected chi connectivity index (χ0v) is 11.8. The molecule has 0 N–H and O–H groups in total. The molecule has 1 heterocycles. The SMILES string of the molecule is Cc1cccc(S(=O)(=O)N2CCOCC2(C)C)c1. The summed E-state index contributed by atoms with van der Waals surface area (Å²) in [4.78, 5) is 0.359. The molecule has 1 aliphatic heterocycles. The van der Waals surface area contributed by atoms with E-state index in [1.807, 2.05) is 26.8 Å². The van der Waals surface area contributed by atoms with Gasteiger partial charge in [-0.3, -0.25) is 0 Å². The average molecular weight is 269 g/mol. The Hall–Kier alpha value is -0.910. The Morgan fingerprint density at radius 1 is 1.33 bits per heavy atom. The normalized spacial score (nSPS) is 20.8. The van der Waals surface area contributed by atoms with Crippen LogP contribution in [0.25, 0.3) is 0 Å². The van der Waals surface area contributed by atoms with Crippen molar-refractivity contribution >= 4 is 10.0 Å². The maximum absolute atomic E-state index is 12.6. The van der Waals surface area contributed by atoms with Crippen molar-refractivity contribution in [2.75, 3.05) is 19.8 Å². The van der Waals surface area contributed by atoms with Crippen LogP contribution in [0.5, 0.6) is 0 Å². The van der Waals surface area contributed by atoms with Crippen LogP contribution >= 0.6 is 0 Å². The Morgan fingerprint density at radius 2 is 2.06 bits per heavy atom. The molecule has 4 nitrogen and oxygen atoms in total. The first-order valence-electron chi connectivity index (χ1n) is 6.01. The number of sulfonamides is 1. The molecular weight excluding hydrogens is 250 g/mol. The van der Waals surface area contributed by atoms with Crippen LogP contribution in [0.1, 0.15) is 19.4 Å². The van der Waals surface area contributed by atoms with Crippen LogP contribution in [0.2, 0.25) is 0 Å². The van der Waals surface area contributed by atoms with Crippen molar-refractivity contribution in [3.8, 4) is 0 Å². The van der Waals surface area contributed by atoms with Crippen molar-refractivity contribution in [2.45, 2.75) is 31.2 Å². The Morgan fingerprint density at radius 3 is 2.67 bits per heavy atom. The van der Waals surface area contributed by atoms with Gasteiger partial charge in [0.15, 0.2) is 0 Å². The molecule has 18 heavy (non-hydrogen) atoms. The molecule has 0 radical (unpaired) electrons. The van der Waals surface area contributed by atoms with E-state index in [1.165, 1.54) is 4.31 Å². The molecule has 0 spiro atoms. The monoisotopic (exact) mass is 269 g/mol. The van der Waals surface area contributed by atoms with Gasteiger partial charge in [-0.1, -0.05) is 12.1 Å². The van der Waals surface area contributed by atoms with Crippen LogP contribution in [0.3, 0.4) is 0 Å². The number of rotatable bonds is 2. The van der Waals surface area contributed by atoms with Crippen molar-refractivity contribution in [2.24, 2.45) is 0 Å². The quantitative estimate of drug-likeness (QED) is 0.822. The van der Waals surface area contributed by atoms with Crippen LogP contribution < -0.4 is 0 Å². The van der Waals surface area contributed by atoms with E-state index in [-0.39, 0.29) is 0 Å². The lowest BCUT2D eigenvalue weighted by atomic mass is 10.1. The molecule has 0 bridgehead atoms. The lowest BCUT2D eigenvalue weighted by molar-refractivity contribution is -0.00770. The predicted molar refractivity (Wildman–Crippen MR) is 70.0 cm³/mol. The van der Waals surface area contributed by atoms with Crippen LogP contribution in [0.15, 0.2) is 29.2 Å². The second kappa shape index (κ2) is 4.64. The predicted octanol–water partition coefficient (Wildman–Crippen LogP) is 1.79. The molecule has 1 fully saturated rings. The molecule has 1 aromatic carbocycles. The molecule has 0 unspecified atom stereocenters. The first kappa shape index (κ1) is 13.5. The summed E-state index contributed by atoms with van der Waals surface area (Å²) in [6.45, 7) is 6.96. The van der Waals surface area contributed by atoms with E-state index in [0.29, 0.717) is 24.7 Å². The Bertz CT molecular complexity index is 537. The Kier molecular flexibility index (Phi) is 3.49. The molecule has 100 valence electrons. The first-order chi connectivity index (χ1) is 8.34. The summed E-state index contributed by atoms with van der Waals surface area (Å²) in [5.74, 6) is 0. The highest BCUT2D eigenvalue weighted by Gasteiger charge is 2.39. The number of hydrogen-bond donors (Lipinski definition) is 0. The van der Waals surface area contributed by atoms with Gasteiger partial charge in [0.1, 0.15) is 0 Å².